The number of benzene rings is 1. The van der Waals surface area contributed by atoms with Crippen LogP contribution in [0.15, 0.2) is 54.0 Å². The van der Waals surface area contributed by atoms with Crippen molar-refractivity contribution in [1.29, 1.82) is 0 Å². The number of unbranched alkanes of at least 4 members (excludes halogenated alkanes) is 1. The molecule has 0 bridgehead atoms. The number of rotatable bonds is 7. The monoisotopic (exact) mass is 404 g/mol. The van der Waals surface area contributed by atoms with Gasteiger partial charge in [0.25, 0.3) is 5.91 Å². The largest absolute Gasteiger partial charge is 0.363 e. The van der Waals surface area contributed by atoms with E-state index in [2.05, 4.69) is 45.8 Å². The second-order valence-corrected chi connectivity index (χ2v) is 7.97. The Morgan fingerprint density at radius 3 is 2.97 bits per heavy atom. The lowest BCUT2D eigenvalue weighted by atomic mass is 10.1. The van der Waals surface area contributed by atoms with E-state index in [-0.39, 0.29) is 11.9 Å². The summed E-state index contributed by atoms with van der Waals surface area (Å²) in [5.41, 5.74) is 2.87. The summed E-state index contributed by atoms with van der Waals surface area (Å²) in [6.07, 6.45) is 11.0. The molecule has 1 aromatic carbocycles. The Bertz CT molecular complexity index is 1000. The minimum absolute atomic E-state index is 0.136. The van der Waals surface area contributed by atoms with Gasteiger partial charge in [-0.05, 0) is 43.5 Å². The molecule has 5 nitrogen and oxygen atoms in total. The van der Waals surface area contributed by atoms with Crippen LogP contribution in [-0.2, 0) is 6.54 Å². The lowest BCUT2D eigenvalue weighted by molar-refractivity contribution is 0.101. The highest BCUT2D eigenvalue weighted by molar-refractivity contribution is 7.14. The number of carbonyl (C=O) groups excluding carboxylic acids is 1. The molecular weight excluding hydrogens is 380 g/mol. The molecular formula is C23H24N4OS. The third-order valence-corrected chi connectivity index (χ3v) is 5.98. The highest BCUT2D eigenvalue weighted by atomic mass is 32.1. The number of hydrogen-bond acceptors (Lipinski definition) is 4. The number of amides is 1. The molecule has 29 heavy (non-hydrogen) atoms. The van der Waals surface area contributed by atoms with Crippen LogP contribution in [0.2, 0.25) is 0 Å². The van der Waals surface area contributed by atoms with Crippen LogP contribution in [0.3, 0.4) is 0 Å². The summed E-state index contributed by atoms with van der Waals surface area (Å²) in [6.45, 7) is 1.76. The first-order chi connectivity index (χ1) is 14.3. The Morgan fingerprint density at radius 2 is 2.14 bits per heavy atom. The zero-order valence-corrected chi connectivity index (χ0v) is 17.1. The standard InChI is InChI=1S/C23H24N4OS/c1-2-3-7-14-26-15-8-13-21(26)22(28)25-23-24-19(17-29-23)20-12-9-16-27(20)18-10-5-4-6-11-18/h1,4-6,8,10-11,13,15,17,20H,3,7,9,12,14,16H2,(H,24,25,28)/t20-/m1/s1. The molecule has 1 atom stereocenters. The zero-order chi connectivity index (χ0) is 20.1. The van der Waals surface area contributed by atoms with Gasteiger partial charge in [0.05, 0.1) is 11.7 Å². The number of nitrogens with zero attached hydrogens (tertiary/aromatic N) is 3. The number of nitrogens with one attached hydrogen (secondary N) is 1. The summed E-state index contributed by atoms with van der Waals surface area (Å²) in [6, 6.07) is 14.4. The third kappa shape index (κ3) is 4.36. The van der Waals surface area contributed by atoms with Gasteiger partial charge in [0.2, 0.25) is 0 Å². The van der Waals surface area contributed by atoms with Crippen molar-refractivity contribution in [2.45, 2.75) is 38.3 Å². The second-order valence-electron chi connectivity index (χ2n) is 7.11. The fourth-order valence-corrected chi connectivity index (χ4v) is 4.58. The van der Waals surface area contributed by atoms with Crippen molar-refractivity contribution >= 4 is 28.1 Å². The van der Waals surface area contributed by atoms with E-state index in [1.165, 1.54) is 17.0 Å². The van der Waals surface area contributed by atoms with Crippen LogP contribution in [0, 0.1) is 12.3 Å². The van der Waals surface area contributed by atoms with Crippen molar-refractivity contribution < 1.29 is 4.79 Å². The van der Waals surface area contributed by atoms with Crippen molar-refractivity contribution in [3.05, 3.63) is 65.4 Å². The Morgan fingerprint density at radius 1 is 1.28 bits per heavy atom. The van der Waals surface area contributed by atoms with E-state index in [1.807, 2.05) is 29.0 Å². The Labute approximate surface area is 175 Å². The van der Waals surface area contributed by atoms with Crippen molar-refractivity contribution in [2.24, 2.45) is 0 Å². The fraction of sp³-hybridized carbons (Fsp3) is 0.304. The van der Waals surface area contributed by atoms with Crippen molar-refractivity contribution in [3.63, 3.8) is 0 Å². The summed E-state index contributed by atoms with van der Waals surface area (Å²) >= 11 is 1.48. The summed E-state index contributed by atoms with van der Waals surface area (Å²) in [7, 11) is 0. The molecule has 4 rings (SSSR count). The van der Waals surface area contributed by atoms with Gasteiger partial charge in [-0.3, -0.25) is 10.1 Å². The molecule has 0 spiro atoms. The van der Waals surface area contributed by atoms with E-state index in [1.54, 1.807) is 0 Å². The lowest BCUT2D eigenvalue weighted by Gasteiger charge is -2.25. The average Bonchev–Trinajstić information content (AvgIpc) is 3.49. The predicted molar refractivity (Wildman–Crippen MR) is 118 cm³/mol. The van der Waals surface area contributed by atoms with Crippen LogP contribution in [0.25, 0.3) is 0 Å². The molecule has 1 fully saturated rings. The third-order valence-electron chi connectivity index (χ3n) is 5.21. The summed E-state index contributed by atoms with van der Waals surface area (Å²) in [5.74, 6) is 2.50. The van der Waals surface area contributed by atoms with Gasteiger partial charge >= 0.3 is 0 Å². The van der Waals surface area contributed by atoms with E-state index in [0.717, 1.165) is 38.0 Å². The SMILES string of the molecule is C#CCCCn1cccc1C(=O)Nc1nc([C@H]2CCCN2c2ccccc2)cs1. The molecule has 0 unspecified atom stereocenters. The number of thiazole rings is 1. The molecule has 6 heteroatoms. The molecule has 1 aliphatic heterocycles. The van der Waals surface area contributed by atoms with Gasteiger partial charge in [0.1, 0.15) is 5.69 Å². The van der Waals surface area contributed by atoms with Gasteiger partial charge in [-0.25, -0.2) is 4.98 Å². The topological polar surface area (TPSA) is 50.2 Å². The maximum Gasteiger partial charge on any atom is 0.274 e. The van der Waals surface area contributed by atoms with Crippen molar-refractivity contribution in [2.75, 3.05) is 16.8 Å². The quantitative estimate of drug-likeness (QED) is 0.448. The minimum atomic E-state index is -0.136. The predicted octanol–water partition coefficient (Wildman–Crippen LogP) is 4.95. The molecule has 1 amide bonds. The normalized spacial score (nSPS) is 16.0. The maximum atomic E-state index is 12.7. The number of para-hydroxylation sites is 1. The lowest BCUT2D eigenvalue weighted by Crippen LogP contribution is -2.22. The first-order valence-electron chi connectivity index (χ1n) is 9.93. The van der Waals surface area contributed by atoms with E-state index in [4.69, 9.17) is 11.4 Å². The van der Waals surface area contributed by atoms with Gasteiger partial charge in [0, 0.05) is 36.8 Å². The van der Waals surface area contributed by atoms with Gasteiger partial charge in [-0.1, -0.05) is 18.2 Å². The molecule has 148 valence electrons. The average molecular weight is 405 g/mol. The van der Waals surface area contributed by atoms with Gasteiger partial charge in [-0.15, -0.1) is 23.7 Å². The maximum absolute atomic E-state index is 12.7. The Hall–Kier alpha value is -3.04. The summed E-state index contributed by atoms with van der Waals surface area (Å²) in [4.78, 5) is 19.9. The fourth-order valence-electron chi connectivity index (χ4n) is 3.83. The van der Waals surface area contributed by atoms with Gasteiger partial charge in [-0.2, -0.15) is 0 Å². The molecule has 3 heterocycles. The zero-order valence-electron chi connectivity index (χ0n) is 16.3. The van der Waals surface area contributed by atoms with E-state index >= 15 is 0 Å². The number of aromatic nitrogens is 2. The number of terminal acetylenes is 1. The smallest absolute Gasteiger partial charge is 0.274 e. The van der Waals surface area contributed by atoms with Crippen LogP contribution < -0.4 is 10.2 Å². The first kappa shape index (κ1) is 19.3. The van der Waals surface area contributed by atoms with E-state index < -0.39 is 0 Å². The van der Waals surface area contributed by atoms with Crippen LogP contribution in [0.4, 0.5) is 10.8 Å². The summed E-state index contributed by atoms with van der Waals surface area (Å²) < 4.78 is 1.94. The van der Waals surface area contributed by atoms with Crippen molar-refractivity contribution in [3.8, 4) is 12.3 Å². The van der Waals surface area contributed by atoms with Crippen LogP contribution in [0.5, 0.6) is 0 Å². The number of anilines is 2. The molecule has 0 radical (unpaired) electrons. The number of carbonyl (C=O) groups is 1. The highest BCUT2D eigenvalue weighted by Gasteiger charge is 2.28. The number of hydrogen-bond donors (Lipinski definition) is 1. The van der Waals surface area contributed by atoms with Crippen LogP contribution in [0.1, 0.15) is 47.9 Å². The molecule has 0 aliphatic carbocycles. The molecule has 1 N–H and O–H groups in total. The molecule has 1 saturated heterocycles. The van der Waals surface area contributed by atoms with Crippen LogP contribution in [-0.4, -0.2) is 22.0 Å². The van der Waals surface area contributed by atoms with E-state index in [9.17, 15) is 4.79 Å². The molecule has 0 saturated carbocycles. The van der Waals surface area contributed by atoms with Gasteiger partial charge in [0.15, 0.2) is 5.13 Å². The van der Waals surface area contributed by atoms with E-state index in [0.29, 0.717) is 17.2 Å². The second kappa shape index (κ2) is 8.97. The molecule has 2 aromatic heterocycles. The molecule has 1 aliphatic rings. The van der Waals surface area contributed by atoms with Gasteiger partial charge < -0.3 is 9.47 Å². The highest BCUT2D eigenvalue weighted by Crippen LogP contribution is 2.37. The molecule has 3 aromatic rings. The summed E-state index contributed by atoms with van der Waals surface area (Å²) in [5, 5.41) is 5.67. The first-order valence-corrected chi connectivity index (χ1v) is 10.8. The number of aryl methyl sites for hydroxylation is 1. The van der Waals surface area contributed by atoms with Crippen molar-refractivity contribution in [1.82, 2.24) is 9.55 Å². The Kier molecular flexibility index (Phi) is 5.97. The Balaban J connectivity index is 1.44. The minimum Gasteiger partial charge on any atom is -0.363 e. The van der Waals surface area contributed by atoms with Crippen LogP contribution >= 0.6 is 11.3 Å².